The van der Waals surface area contributed by atoms with E-state index in [1.54, 1.807) is 0 Å². The van der Waals surface area contributed by atoms with Gasteiger partial charge in [0.05, 0.1) is 12.2 Å². The smallest absolute Gasteiger partial charge is 0.141 e. The molecule has 1 saturated carbocycles. The van der Waals surface area contributed by atoms with Gasteiger partial charge in [0.1, 0.15) is 13.6 Å². The van der Waals surface area contributed by atoms with Crippen LogP contribution in [0.1, 0.15) is 24.8 Å². The molecule has 2 nitrogen and oxygen atoms in total. The summed E-state index contributed by atoms with van der Waals surface area (Å²) in [5.74, 6) is 0.830. The summed E-state index contributed by atoms with van der Waals surface area (Å²) < 4.78 is 5.70. The van der Waals surface area contributed by atoms with Crippen LogP contribution in [-0.4, -0.2) is 14.0 Å². The Labute approximate surface area is 84.9 Å². The van der Waals surface area contributed by atoms with Gasteiger partial charge in [-0.25, -0.2) is 0 Å². The maximum Gasteiger partial charge on any atom is 0.141 e. The van der Waals surface area contributed by atoms with E-state index >= 15 is 0 Å². The van der Waals surface area contributed by atoms with E-state index in [4.69, 9.17) is 10.00 Å². The summed E-state index contributed by atoms with van der Waals surface area (Å²) in [4.78, 5) is 0. The van der Waals surface area contributed by atoms with Gasteiger partial charge in [0.2, 0.25) is 0 Å². The Kier molecular flexibility index (Phi) is 2.45. The molecule has 0 atom stereocenters. The van der Waals surface area contributed by atoms with Crippen molar-refractivity contribution in [1.82, 2.24) is 0 Å². The third kappa shape index (κ3) is 1.74. The zero-order valence-electron chi connectivity index (χ0n) is 8.29. The number of hydrogen-bond acceptors (Lipinski definition) is 2. The predicted molar refractivity (Wildman–Crippen MR) is 57.6 cm³/mol. The van der Waals surface area contributed by atoms with Crippen LogP contribution < -0.4 is 10.2 Å². The minimum Gasteiger partial charge on any atom is -0.490 e. The van der Waals surface area contributed by atoms with Crippen LogP contribution in [0.2, 0.25) is 0 Å². The monoisotopic (exact) mass is 185 g/mol. The van der Waals surface area contributed by atoms with Crippen molar-refractivity contribution in [3.8, 4) is 11.8 Å². The number of rotatable bonds is 2. The van der Waals surface area contributed by atoms with Gasteiger partial charge in [-0.1, -0.05) is 11.5 Å². The van der Waals surface area contributed by atoms with Gasteiger partial charge in [0.25, 0.3) is 0 Å². The highest BCUT2D eigenvalue weighted by atomic mass is 16.5. The normalized spacial score (nSPS) is 15.6. The first-order chi connectivity index (χ1) is 6.79. The van der Waals surface area contributed by atoms with E-state index in [1.807, 2.05) is 26.0 Å². The van der Waals surface area contributed by atoms with Gasteiger partial charge in [-0.2, -0.15) is 5.26 Å². The molecule has 2 rings (SSSR count). The lowest BCUT2D eigenvalue weighted by Gasteiger charge is -2.26. The Morgan fingerprint density at radius 2 is 2.21 bits per heavy atom. The van der Waals surface area contributed by atoms with Gasteiger partial charge < -0.3 is 4.74 Å². The fraction of sp³-hybridized carbons (Fsp3) is 0.364. The molecular formula is C11H12BNO. The Balaban J connectivity index is 2.14. The largest absolute Gasteiger partial charge is 0.490 e. The average Bonchev–Trinajstić information content (AvgIpc) is 2.14. The van der Waals surface area contributed by atoms with Crippen molar-refractivity contribution in [2.24, 2.45) is 0 Å². The maximum absolute atomic E-state index is 8.84. The van der Waals surface area contributed by atoms with Gasteiger partial charge in [-0.15, -0.1) is 0 Å². The lowest BCUT2D eigenvalue weighted by molar-refractivity contribution is 0.120. The summed E-state index contributed by atoms with van der Waals surface area (Å²) in [6.07, 6.45) is 3.94. The fourth-order valence-corrected chi connectivity index (χ4v) is 1.48. The Morgan fingerprint density at radius 1 is 1.43 bits per heavy atom. The van der Waals surface area contributed by atoms with E-state index in [-0.39, 0.29) is 0 Å². The molecule has 0 unspecified atom stereocenters. The lowest BCUT2D eigenvalue weighted by atomic mass is 9.91. The molecule has 1 aliphatic rings. The third-order valence-corrected chi connectivity index (χ3v) is 2.68. The van der Waals surface area contributed by atoms with E-state index in [2.05, 4.69) is 6.07 Å². The Bertz CT molecular complexity index is 379. The predicted octanol–water partition coefficient (Wildman–Crippen LogP) is 0.748. The number of ether oxygens (including phenoxy) is 1. The zero-order valence-corrected chi connectivity index (χ0v) is 8.29. The average molecular weight is 185 g/mol. The number of nitrogens with zero attached hydrogens (tertiary/aromatic N) is 1. The lowest BCUT2D eigenvalue weighted by Crippen LogP contribution is -2.24. The second-order valence-corrected chi connectivity index (χ2v) is 3.76. The summed E-state index contributed by atoms with van der Waals surface area (Å²) in [7, 11) is 1.94. The molecule has 1 aliphatic carbocycles. The molecule has 0 radical (unpaired) electrons. The first-order valence-electron chi connectivity index (χ1n) is 4.97. The standard InChI is InChI=1S/C11H12BNO/c12-11-5-4-10(6-8(11)7-13)14-9-2-1-3-9/h4-6,9H,1-3,12H2. The van der Waals surface area contributed by atoms with Gasteiger partial charge >= 0.3 is 0 Å². The summed E-state index contributed by atoms with van der Waals surface area (Å²) in [6, 6.07) is 7.87. The fourth-order valence-electron chi connectivity index (χ4n) is 1.48. The quantitative estimate of drug-likeness (QED) is 0.637. The highest BCUT2D eigenvalue weighted by molar-refractivity contribution is 6.33. The topological polar surface area (TPSA) is 33.0 Å². The Hall–Kier alpha value is -1.43. The summed E-state index contributed by atoms with van der Waals surface area (Å²) in [5.41, 5.74) is 1.72. The number of benzene rings is 1. The third-order valence-electron chi connectivity index (χ3n) is 2.68. The summed E-state index contributed by atoms with van der Waals surface area (Å²) >= 11 is 0. The highest BCUT2D eigenvalue weighted by Gasteiger charge is 2.19. The van der Waals surface area contributed by atoms with Gasteiger partial charge in [-0.3, -0.25) is 0 Å². The summed E-state index contributed by atoms with van der Waals surface area (Å²) in [5, 5.41) is 8.84. The van der Waals surface area contributed by atoms with E-state index < -0.39 is 0 Å². The first-order valence-corrected chi connectivity index (χ1v) is 4.97. The molecule has 3 heteroatoms. The maximum atomic E-state index is 8.84. The summed E-state index contributed by atoms with van der Waals surface area (Å²) in [6.45, 7) is 0. The molecule has 0 aliphatic heterocycles. The van der Waals surface area contributed by atoms with E-state index in [0.29, 0.717) is 11.7 Å². The molecule has 70 valence electrons. The second-order valence-electron chi connectivity index (χ2n) is 3.76. The van der Waals surface area contributed by atoms with Crippen LogP contribution in [0.5, 0.6) is 5.75 Å². The molecule has 0 aromatic heterocycles. The van der Waals surface area contributed by atoms with Crippen LogP contribution in [-0.2, 0) is 0 Å². The van der Waals surface area contributed by atoms with Crippen molar-refractivity contribution in [1.29, 1.82) is 5.26 Å². The molecular weight excluding hydrogens is 173 g/mol. The molecule has 1 aromatic carbocycles. The van der Waals surface area contributed by atoms with Crippen LogP contribution in [0.4, 0.5) is 0 Å². The van der Waals surface area contributed by atoms with Crippen molar-refractivity contribution in [2.45, 2.75) is 25.4 Å². The van der Waals surface area contributed by atoms with Crippen molar-refractivity contribution in [3.05, 3.63) is 23.8 Å². The zero-order chi connectivity index (χ0) is 9.97. The van der Waals surface area contributed by atoms with Crippen LogP contribution in [0, 0.1) is 11.3 Å². The van der Waals surface area contributed by atoms with Crippen LogP contribution in [0.15, 0.2) is 18.2 Å². The molecule has 1 fully saturated rings. The molecule has 0 bridgehead atoms. The van der Waals surface area contributed by atoms with Gasteiger partial charge in [-0.05, 0) is 31.4 Å². The van der Waals surface area contributed by atoms with Crippen molar-refractivity contribution >= 4 is 13.3 Å². The first kappa shape index (κ1) is 9.14. The van der Waals surface area contributed by atoms with Crippen LogP contribution >= 0.6 is 0 Å². The van der Waals surface area contributed by atoms with Crippen molar-refractivity contribution in [3.63, 3.8) is 0 Å². The number of hydrogen-bond donors (Lipinski definition) is 0. The SMILES string of the molecule is Bc1ccc(OC2CCC2)cc1C#N. The minimum absolute atomic E-state index is 0.379. The molecule has 0 saturated heterocycles. The van der Waals surface area contributed by atoms with Crippen molar-refractivity contribution in [2.75, 3.05) is 0 Å². The van der Waals surface area contributed by atoms with Gasteiger partial charge in [0, 0.05) is 5.56 Å². The highest BCUT2D eigenvalue weighted by Crippen LogP contribution is 2.24. The molecule has 0 spiro atoms. The van der Waals surface area contributed by atoms with E-state index in [0.717, 1.165) is 24.1 Å². The Morgan fingerprint density at radius 3 is 2.79 bits per heavy atom. The van der Waals surface area contributed by atoms with E-state index in [9.17, 15) is 0 Å². The minimum atomic E-state index is 0.379. The molecule has 0 amide bonds. The van der Waals surface area contributed by atoms with Crippen LogP contribution in [0.3, 0.4) is 0 Å². The molecule has 0 N–H and O–H groups in total. The molecule has 14 heavy (non-hydrogen) atoms. The molecule has 0 heterocycles. The number of nitriles is 1. The van der Waals surface area contributed by atoms with E-state index in [1.165, 1.54) is 6.42 Å². The van der Waals surface area contributed by atoms with Gasteiger partial charge in [0.15, 0.2) is 0 Å². The molecule has 1 aromatic rings. The van der Waals surface area contributed by atoms with Crippen LogP contribution in [0.25, 0.3) is 0 Å². The van der Waals surface area contributed by atoms with Crippen molar-refractivity contribution < 1.29 is 4.74 Å². The second kappa shape index (κ2) is 3.75.